The van der Waals surface area contributed by atoms with Gasteiger partial charge < -0.3 is 10.1 Å². The van der Waals surface area contributed by atoms with Gasteiger partial charge in [0.1, 0.15) is 12.4 Å². The molecule has 0 saturated carbocycles. The minimum absolute atomic E-state index is 0.0475. The Kier molecular flexibility index (Phi) is 5.07. The predicted octanol–water partition coefficient (Wildman–Crippen LogP) is 3.55. The van der Waals surface area contributed by atoms with E-state index < -0.39 is 0 Å². The van der Waals surface area contributed by atoms with E-state index in [0.29, 0.717) is 13.2 Å². The molecular formula is C21H21N5O. The predicted molar refractivity (Wildman–Crippen MR) is 103 cm³/mol. The molecule has 0 aliphatic carbocycles. The molecule has 6 nitrogen and oxygen atoms in total. The summed E-state index contributed by atoms with van der Waals surface area (Å²) in [5, 5.41) is 12.0. The van der Waals surface area contributed by atoms with Gasteiger partial charge in [-0.1, -0.05) is 30.3 Å². The van der Waals surface area contributed by atoms with Crippen LogP contribution in [0.4, 0.5) is 0 Å². The Morgan fingerprint density at radius 1 is 1.00 bits per heavy atom. The quantitative estimate of drug-likeness (QED) is 0.547. The second-order valence-corrected chi connectivity index (χ2v) is 6.31. The van der Waals surface area contributed by atoms with Crippen LogP contribution in [0.1, 0.15) is 30.0 Å². The first-order valence-corrected chi connectivity index (χ1v) is 8.95. The molecule has 1 atom stereocenters. The van der Waals surface area contributed by atoms with E-state index in [0.717, 1.165) is 28.5 Å². The van der Waals surface area contributed by atoms with Crippen LogP contribution in [0.3, 0.4) is 0 Å². The van der Waals surface area contributed by atoms with Crippen molar-refractivity contribution >= 4 is 5.65 Å². The van der Waals surface area contributed by atoms with Crippen LogP contribution in [0.5, 0.6) is 5.75 Å². The van der Waals surface area contributed by atoms with Crippen molar-refractivity contribution in [3.8, 4) is 5.75 Å². The van der Waals surface area contributed by atoms with Crippen molar-refractivity contribution in [3.63, 3.8) is 0 Å². The number of aromatic nitrogens is 4. The summed E-state index contributed by atoms with van der Waals surface area (Å²) in [7, 11) is 0. The Hall–Kier alpha value is -3.25. The number of hydrogen-bond acceptors (Lipinski definition) is 5. The van der Waals surface area contributed by atoms with E-state index in [-0.39, 0.29) is 6.04 Å². The number of benzene rings is 1. The fourth-order valence-corrected chi connectivity index (χ4v) is 2.94. The number of rotatable bonds is 7. The fraction of sp³-hybridized carbons (Fsp3) is 0.190. The number of pyridine rings is 2. The van der Waals surface area contributed by atoms with Gasteiger partial charge in [0, 0.05) is 24.5 Å². The number of hydrogen-bond donors (Lipinski definition) is 1. The first-order chi connectivity index (χ1) is 13.3. The second-order valence-electron chi connectivity index (χ2n) is 6.31. The molecule has 0 amide bonds. The van der Waals surface area contributed by atoms with Crippen LogP contribution in [0.15, 0.2) is 73.1 Å². The molecule has 0 aliphatic rings. The number of nitrogens with zero attached hydrogens (tertiary/aromatic N) is 4. The monoisotopic (exact) mass is 359 g/mol. The molecule has 0 fully saturated rings. The summed E-state index contributed by atoms with van der Waals surface area (Å²) < 4.78 is 7.98. The van der Waals surface area contributed by atoms with Crippen LogP contribution < -0.4 is 10.1 Å². The van der Waals surface area contributed by atoms with Crippen molar-refractivity contribution in [3.05, 3.63) is 90.1 Å². The van der Waals surface area contributed by atoms with E-state index in [2.05, 4.69) is 33.5 Å². The lowest BCUT2D eigenvalue weighted by molar-refractivity contribution is 0.297. The third-order valence-electron chi connectivity index (χ3n) is 4.40. The minimum Gasteiger partial charge on any atom is -0.487 e. The van der Waals surface area contributed by atoms with Crippen molar-refractivity contribution in [2.24, 2.45) is 0 Å². The zero-order valence-electron chi connectivity index (χ0n) is 15.1. The first-order valence-electron chi connectivity index (χ1n) is 8.95. The van der Waals surface area contributed by atoms with Gasteiger partial charge in [0.25, 0.3) is 0 Å². The van der Waals surface area contributed by atoms with Crippen molar-refractivity contribution in [1.82, 2.24) is 24.9 Å². The summed E-state index contributed by atoms with van der Waals surface area (Å²) in [6.45, 7) is 3.20. The smallest absolute Gasteiger partial charge is 0.160 e. The van der Waals surface area contributed by atoms with E-state index in [4.69, 9.17) is 4.74 Å². The van der Waals surface area contributed by atoms with Crippen molar-refractivity contribution in [1.29, 1.82) is 0 Å². The Labute approximate surface area is 157 Å². The normalized spacial score (nSPS) is 12.2. The Morgan fingerprint density at radius 2 is 1.85 bits per heavy atom. The molecule has 3 aromatic heterocycles. The maximum Gasteiger partial charge on any atom is 0.160 e. The minimum atomic E-state index is 0.0475. The van der Waals surface area contributed by atoms with Gasteiger partial charge in [0.05, 0.1) is 11.7 Å². The van der Waals surface area contributed by atoms with Crippen molar-refractivity contribution < 1.29 is 4.74 Å². The van der Waals surface area contributed by atoms with Crippen LogP contribution in [-0.4, -0.2) is 19.6 Å². The van der Waals surface area contributed by atoms with Gasteiger partial charge >= 0.3 is 0 Å². The van der Waals surface area contributed by atoms with Crippen molar-refractivity contribution in [2.75, 3.05) is 0 Å². The molecule has 4 aromatic rings. The highest BCUT2D eigenvalue weighted by atomic mass is 16.5. The molecular weight excluding hydrogens is 338 g/mol. The summed E-state index contributed by atoms with van der Waals surface area (Å²) in [4.78, 5) is 4.30. The Morgan fingerprint density at radius 3 is 2.74 bits per heavy atom. The van der Waals surface area contributed by atoms with Gasteiger partial charge in [0.2, 0.25) is 0 Å². The Bertz CT molecular complexity index is 1020. The van der Waals surface area contributed by atoms with Gasteiger partial charge in [-0.2, -0.15) is 0 Å². The molecule has 1 aromatic carbocycles. The molecule has 1 N–H and O–H groups in total. The molecule has 136 valence electrons. The zero-order valence-corrected chi connectivity index (χ0v) is 15.1. The lowest BCUT2D eigenvalue weighted by atomic mass is 10.2. The highest BCUT2D eigenvalue weighted by Gasteiger charge is 2.13. The van der Waals surface area contributed by atoms with Crippen LogP contribution in [0.2, 0.25) is 0 Å². The molecule has 0 spiro atoms. The van der Waals surface area contributed by atoms with Crippen LogP contribution in [-0.2, 0) is 13.2 Å². The summed E-state index contributed by atoms with van der Waals surface area (Å²) in [6, 6.07) is 19.8. The highest BCUT2D eigenvalue weighted by Crippen LogP contribution is 2.20. The standard InChI is InChI=1S/C21H21N5O/c1-16(21-25-24-20-11-5-7-13-26(20)21)23-14-17-8-2-3-10-19(17)27-15-18-9-4-6-12-22-18/h2-13,16,23H,14-15H2,1H3. The average Bonchev–Trinajstić information content (AvgIpc) is 3.16. The van der Waals surface area contributed by atoms with Crippen LogP contribution in [0, 0.1) is 0 Å². The SMILES string of the molecule is CC(NCc1ccccc1OCc1ccccn1)c1nnc2ccccn12. The maximum atomic E-state index is 5.98. The van der Waals surface area contributed by atoms with Gasteiger partial charge in [0.15, 0.2) is 11.5 Å². The lowest BCUT2D eigenvalue weighted by Gasteiger charge is -2.15. The lowest BCUT2D eigenvalue weighted by Crippen LogP contribution is -2.20. The largest absolute Gasteiger partial charge is 0.487 e. The number of nitrogens with one attached hydrogen (secondary N) is 1. The summed E-state index contributed by atoms with van der Waals surface area (Å²) in [5.74, 6) is 1.74. The van der Waals surface area contributed by atoms with E-state index >= 15 is 0 Å². The molecule has 0 saturated heterocycles. The third kappa shape index (κ3) is 3.96. The topological polar surface area (TPSA) is 64.3 Å². The number of ether oxygens (including phenoxy) is 1. The first kappa shape index (κ1) is 17.2. The molecule has 0 aliphatic heterocycles. The van der Waals surface area contributed by atoms with Gasteiger partial charge in [-0.15, -0.1) is 10.2 Å². The fourth-order valence-electron chi connectivity index (χ4n) is 2.94. The molecule has 1 unspecified atom stereocenters. The van der Waals surface area contributed by atoms with Crippen LogP contribution >= 0.6 is 0 Å². The van der Waals surface area contributed by atoms with E-state index in [9.17, 15) is 0 Å². The van der Waals surface area contributed by atoms with Crippen molar-refractivity contribution in [2.45, 2.75) is 26.1 Å². The number of para-hydroxylation sites is 1. The molecule has 6 heteroatoms. The molecule has 0 bridgehead atoms. The molecule has 27 heavy (non-hydrogen) atoms. The molecule has 4 rings (SSSR count). The Balaban J connectivity index is 1.43. The average molecular weight is 359 g/mol. The highest BCUT2D eigenvalue weighted by molar-refractivity contribution is 5.37. The van der Waals surface area contributed by atoms with Gasteiger partial charge in [-0.3, -0.25) is 9.38 Å². The third-order valence-corrected chi connectivity index (χ3v) is 4.40. The van der Waals surface area contributed by atoms with E-state index in [1.807, 2.05) is 65.2 Å². The van der Waals surface area contributed by atoms with Gasteiger partial charge in [-0.25, -0.2) is 0 Å². The molecule has 3 heterocycles. The summed E-state index contributed by atoms with van der Waals surface area (Å²) >= 11 is 0. The van der Waals surface area contributed by atoms with E-state index in [1.54, 1.807) is 6.20 Å². The summed E-state index contributed by atoms with van der Waals surface area (Å²) in [5.41, 5.74) is 2.85. The van der Waals surface area contributed by atoms with Crippen LogP contribution in [0.25, 0.3) is 5.65 Å². The number of fused-ring (bicyclic) bond motifs is 1. The van der Waals surface area contributed by atoms with Gasteiger partial charge in [-0.05, 0) is 37.3 Å². The zero-order chi connectivity index (χ0) is 18.5. The second kappa shape index (κ2) is 7.97. The maximum absolute atomic E-state index is 5.98. The van der Waals surface area contributed by atoms with E-state index in [1.165, 1.54) is 0 Å². The molecule has 0 radical (unpaired) electrons. The summed E-state index contributed by atoms with van der Waals surface area (Å²) in [6.07, 6.45) is 3.75.